The second-order valence-electron chi connectivity index (χ2n) is 14.4. The van der Waals surface area contributed by atoms with Gasteiger partial charge in [0.1, 0.15) is 0 Å². The summed E-state index contributed by atoms with van der Waals surface area (Å²) in [6.45, 7) is 4.84. The Morgan fingerprint density at radius 3 is 1.57 bits per heavy atom. The van der Waals surface area contributed by atoms with Crippen LogP contribution in [0.1, 0.15) is 25.0 Å². The van der Waals surface area contributed by atoms with E-state index in [1.54, 1.807) is 0 Å². The van der Waals surface area contributed by atoms with Crippen LogP contribution in [0.3, 0.4) is 0 Å². The van der Waals surface area contributed by atoms with Crippen molar-refractivity contribution in [1.82, 2.24) is 0 Å². The van der Waals surface area contributed by atoms with Crippen molar-refractivity contribution in [3.8, 4) is 44.5 Å². The predicted molar refractivity (Wildman–Crippen MR) is 228 cm³/mol. The van der Waals surface area contributed by atoms with E-state index in [0.717, 1.165) is 5.69 Å². The third-order valence-electron chi connectivity index (χ3n) is 11.0. The van der Waals surface area contributed by atoms with Crippen LogP contribution in [-0.4, -0.2) is 0 Å². The van der Waals surface area contributed by atoms with Crippen LogP contribution >= 0.6 is 11.3 Å². The van der Waals surface area contributed by atoms with Crippen molar-refractivity contribution in [3.05, 3.63) is 199 Å². The summed E-state index contributed by atoms with van der Waals surface area (Å²) < 4.78 is 2.60. The van der Waals surface area contributed by atoms with Crippen molar-refractivity contribution in [2.75, 3.05) is 4.90 Å². The molecule has 0 saturated carbocycles. The lowest BCUT2D eigenvalue weighted by Crippen LogP contribution is -2.21. The lowest BCUT2D eigenvalue weighted by Gasteiger charge is -2.34. The number of rotatable bonds is 6. The molecular formula is C51H37NS. The third-order valence-corrected chi connectivity index (χ3v) is 12.2. The fourth-order valence-corrected chi connectivity index (χ4v) is 10.1. The monoisotopic (exact) mass is 695 g/mol. The first-order chi connectivity index (χ1) is 26.1. The minimum atomic E-state index is -0.279. The number of nitrogens with zero attached hydrogens (tertiary/aromatic N) is 1. The third kappa shape index (κ3) is 4.98. The first kappa shape index (κ1) is 31.5. The van der Waals surface area contributed by atoms with E-state index in [4.69, 9.17) is 0 Å². The van der Waals surface area contributed by atoms with Crippen molar-refractivity contribution >= 4 is 48.6 Å². The van der Waals surface area contributed by atoms with Gasteiger partial charge in [-0.3, -0.25) is 0 Å². The Labute approximate surface area is 315 Å². The summed E-state index contributed by atoms with van der Waals surface area (Å²) in [4.78, 5) is 2.57. The number of thiophene rings is 1. The van der Waals surface area contributed by atoms with E-state index >= 15 is 0 Å². The van der Waals surface area contributed by atoms with Gasteiger partial charge in [0.25, 0.3) is 0 Å². The molecule has 1 nitrogen and oxygen atoms in total. The van der Waals surface area contributed by atoms with Gasteiger partial charge in [-0.1, -0.05) is 178 Å². The summed E-state index contributed by atoms with van der Waals surface area (Å²) in [5.74, 6) is 0. The molecule has 0 bridgehead atoms. The van der Waals surface area contributed by atoms with Crippen LogP contribution in [0, 0.1) is 0 Å². The maximum absolute atomic E-state index is 2.57. The molecule has 2 heteroatoms. The minimum absolute atomic E-state index is 0.279. The highest BCUT2D eigenvalue weighted by Crippen LogP contribution is 2.58. The normalized spacial score (nSPS) is 12.9. The first-order valence-electron chi connectivity index (χ1n) is 18.4. The SMILES string of the molecule is CC1(C)c2c(-c3ccccc3)cccc2-c2cccc(N(c3ccccc3-c3ccccc3)c3cccc4sc5c(-c6ccccc6)cccc5c34)c21. The van der Waals surface area contributed by atoms with E-state index < -0.39 is 0 Å². The molecule has 252 valence electrons. The highest BCUT2D eigenvalue weighted by atomic mass is 32.1. The van der Waals surface area contributed by atoms with Crippen LogP contribution < -0.4 is 4.90 Å². The Hall–Kier alpha value is -6.22. The van der Waals surface area contributed by atoms with Crippen molar-refractivity contribution < 1.29 is 0 Å². The number of hydrogen-bond donors (Lipinski definition) is 0. The lowest BCUT2D eigenvalue weighted by atomic mass is 9.78. The fraction of sp³-hybridized carbons (Fsp3) is 0.0588. The quantitative estimate of drug-likeness (QED) is 0.167. The van der Waals surface area contributed by atoms with E-state index in [0.29, 0.717) is 0 Å². The van der Waals surface area contributed by atoms with Gasteiger partial charge in [0.2, 0.25) is 0 Å². The van der Waals surface area contributed by atoms with Gasteiger partial charge in [-0.05, 0) is 74.3 Å². The van der Waals surface area contributed by atoms with Gasteiger partial charge >= 0.3 is 0 Å². The Bertz CT molecular complexity index is 2800. The molecule has 0 amide bonds. The Morgan fingerprint density at radius 2 is 0.849 bits per heavy atom. The first-order valence-corrected chi connectivity index (χ1v) is 19.2. The van der Waals surface area contributed by atoms with Crippen LogP contribution in [0.15, 0.2) is 188 Å². The van der Waals surface area contributed by atoms with Gasteiger partial charge in [0.05, 0.1) is 17.1 Å². The molecule has 1 aliphatic carbocycles. The van der Waals surface area contributed by atoms with Crippen molar-refractivity contribution in [3.63, 3.8) is 0 Å². The van der Waals surface area contributed by atoms with Gasteiger partial charge in [-0.25, -0.2) is 0 Å². The predicted octanol–water partition coefficient (Wildman–Crippen LogP) is 14.8. The molecule has 9 aromatic rings. The zero-order valence-corrected chi connectivity index (χ0v) is 30.6. The molecule has 1 aliphatic rings. The smallest absolute Gasteiger partial charge is 0.0555 e. The molecule has 1 aromatic heterocycles. The van der Waals surface area contributed by atoms with E-state index in [2.05, 4.69) is 207 Å². The summed E-state index contributed by atoms with van der Waals surface area (Å²) in [5.41, 5.74) is 16.1. The van der Waals surface area contributed by atoms with Gasteiger partial charge < -0.3 is 4.90 Å². The van der Waals surface area contributed by atoms with Gasteiger partial charge in [-0.15, -0.1) is 11.3 Å². The molecule has 1 heterocycles. The maximum atomic E-state index is 2.57. The zero-order chi connectivity index (χ0) is 35.5. The zero-order valence-electron chi connectivity index (χ0n) is 29.8. The second kappa shape index (κ2) is 12.5. The maximum Gasteiger partial charge on any atom is 0.0555 e. The number of anilines is 3. The van der Waals surface area contributed by atoms with E-state index in [-0.39, 0.29) is 5.41 Å². The molecule has 8 aromatic carbocycles. The molecule has 10 rings (SSSR count). The van der Waals surface area contributed by atoms with E-state index in [9.17, 15) is 0 Å². The van der Waals surface area contributed by atoms with E-state index in [1.807, 2.05) is 11.3 Å². The molecule has 0 unspecified atom stereocenters. The standard InChI is InChI=1S/C51H37NS/c1-51(2)48-38(35-20-8-4-9-21-35)25-14-27-40(48)41-28-16-32-45(49(41)51)52(43-30-13-12-24-37(43)34-18-6-3-7-19-34)44-31-17-33-46-47(44)42-29-15-26-39(50(42)53-46)36-22-10-5-11-23-36/h3-33H,1-2H3. The summed E-state index contributed by atoms with van der Waals surface area (Å²) >= 11 is 1.89. The average molecular weight is 696 g/mol. The van der Waals surface area contributed by atoms with Gasteiger partial charge in [0.15, 0.2) is 0 Å². The molecular weight excluding hydrogens is 659 g/mol. The molecule has 0 N–H and O–H groups in total. The number of hydrogen-bond acceptors (Lipinski definition) is 2. The molecule has 0 atom stereocenters. The van der Waals surface area contributed by atoms with Crippen LogP contribution in [0.4, 0.5) is 17.1 Å². The van der Waals surface area contributed by atoms with Crippen LogP contribution in [0.25, 0.3) is 64.7 Å². The molecule has 0 radical (unpaired) electrons. The van der Waals surface area contributed by atoms with Gasteiger partial charge in [0, 0.05) is 31.2 Å². The number of fused-ring (bicyclic) bond motifs is 6. The lowest BCUT2D eigenvalue weighted by molar-refractivity contribution is 0.662. The topological polar surface area (TPSA) is 3.24 Å². The average Bonchev–Trinajstić information content (AvgIpc) is 3.72. The Morgan fingerprint density at radius 1 is 0.377 bits per heavy atom. The molecule has 0 aliphatic heterocycles. The van der Waals surface area contributed by atoms with Crippen molar-refractivity contribution in [2.45, 2.75) is 19.3 Å². The van der Waals surface area contributed by atoms with Crippen molar-refractivity contribution in [2.24, 2.45) is 0 Å². The summed E-state index contributed by atoms with van der Waals surface area (Å²) in [6, 6.07) is 68.9. The highest BCUT2D eigenvalue weighted by molar-refractivity contribution is 7.26. The number of benzene rings is 8. The molecule has 0 spiro atoms. The fourth-order valence-electron chi connectivity index (χ4n) is 8.82. The van der Waals surface area contributed by atoms with Crippen molar-refractivity contribution in [1.29, 1.82) is 0 Å². The molecule has 0 saturated heterocycles. The van der Waals surface area contributed by atoms with Crippen LogP contribution in [0.5, 0.6) is 0 Å². The second-order valence-corrected chi connectivity index (χ2v) is 15.5. The summed E-state index contributed by atoms with van der Waals surface area (Å²) in [5, 5.41) is 2.56. The minimum Gasteiger partial charge on any atom is -0.309 e. The van der Waals surface area contributed by atoms with E-state index in [1.165, 1.54) is 87.2 Å². The summed E-state index contributed by atoms with van der Waals surface area (Å²) in [6.07, 6.45) is 0. The molecule has 0 fully saturated rings. The van der Waals surface area contributed by atoms with Crippen LogP contribution in [0.2, 0.25) is 0 Å². The summed E-state index contributed by atoms with van der Waals surface area (Å²) in [7, 11) is 0. The van der Waals surface area contributed by atoms with Crippen LogP contribution in [-0.2, 0) is 5.41 Å². The van der Waals surface area contributed by atoms with Gasteiger partial charge in [-0.2, -0.15) is 0 Å². The Kier molecular flexibility index (Phi) is 7.42. The number of para-hydroxylation sites is 1. The Balaban J connectivity index is 1.28. The highest BCUT2D eigenvalue weighted by Gasteiger charge is 2.41. The largest absolute Gasteiger partial charge is 0.309 e. The molecule has 53 heavy (non-hydrogen) atoms.